The van der Waals surface area contributed by atoms with Gasteiger partial charge in [-0.15, -0.1) is 11.8 Å². The second kappa shape index (κ2) is 6.07. The molecule has 4 heteroatoms. The fourth-order valence-corrected chi connectivity index (χ4v) is 3.22. The maximum Gasteiger partial charge on any atom is 0.133 e. The molecule has 104 valence electrons. The molecule has 19 heavy (non-hydrogen) atoms. The number of hydrogen-bond acceptors (Lipinski definition) is 4. The van der Waals surface area contributed by atoms with Crippen LogP contribution in [0, 0.1) is 6.92 Å². The predicted octanol–water partition coefficient (Wildman–Crippen LogP) is 2.51. The molecule has 1 aliphatic rings. The zero-order valence-electron chi connectivity index (χ0n) is 11.8. The van der Waals surface area contributed by atoms with Crippen LogP contribution in [0.2, 0.25) is 0 Å². The van der Waals surface area contributed by atoms with Gasteiger partial charge in [-0.2, -0.15) is 0 Å². The van der Waals surface area contributed by atoms with Crippen LogP contribution in [0.5, 0.6) is 0 Å². The molecule has 1 atom stereocenters. The predicted molar refractivity (Wildman–Crippen MR) is 78.8 cm³/mol. The van der Waals surface area contributed by atoms with E-state index in [0.29, 0.717) is 19.6 Å². The summed E-state index contributed by atoms with van der Waals surface area (Å²) in [6.07, 6.45) is 2.50. The number of ether oxygens (including phenoxy) is 1. The average Bonchev–Trinajstić information content (AvgIpc) is 2.38. The van der Waals surface area contributed by atoms with Crippen molar-refractivity contribution in [3.8, 4) is 0 Å². The monoisotopic (exact) mass is 279 g/mol. The van der Waals surface area contributed by atoms with Crippen molar-refractivity contribution in [1.82, 2.24) is 5.32 Å². The number of morpholine rings is 1. The van der Waals surface area contributed by atoms with Gasteiger partial charge in [0.25, 0.3) is 0 Å². The number of aryl methyl sites for hydroxylation is 1. The van der Waals surface area contributed by atoms with Gasteiger partial charge in [0.15, 0.2) is 0 Å². The van der Waals surface area contributed by atoms with Crippen molar-refractivity contribution in [2.75, 3.05) is 26.0 Å². The van der Waals surface area contributed by atoms with E-state index in [-0.39, 0.29) is 5.78 Å². The third-order valence-corrected chi connectivity index (χ3v) is 4.25. The first-order valence-corrected chi connectivity index (χ1v) is 7.79. The van der Waals surface area contributed by atoms with Crippen LogP contribution in [0.3, 0.4) is 0 Å². The minimum Gasteiger partial charge on any atom is -0.367 e. The van der Waals surface area contributed by atoms with Crippen molar-refractivity contribution in [1.29, 1.82) is 0 Å². The summed E-state index contributed by atoms with van der Waals surface area (Å²) in [5.41, 5.74) is 1.83. The topological polar surface area (TPSA) is 38.3 Å². The van der Waals surface area contributed by atoms with E-state index in [0.717, 1.165) is 12.1 Å². The third kappa shape index (κ3) is 3.19. The van der Waals surface area contributed by atoms with Crippen LogP contribution in [-0.2, 0) is 15.1 Å². The molecule has 1 N–H and O–H groups in total. The number of carbonyl (C=O) groups excluding carboxylic acids is 1. The summed E-state index contributed by atoms with van der Waals surface area (Å²) in [6, 6.07) is 6.38. The zero-order chi connectivity index (χ0) is 13.9. The molecule has 0 spiro atoms. The third-order valence-electron chi connectivity index (χ3n) is 3.53. The summed E-state index contributed by atoms with van der Waals surface area (Å²) in [6.45, 7) is 5.92. The standard InChI is InChI=1S/C15H21NO2S/c1-11-8-13(19-3)4-5-14(11)15(9-12(2)17)10-16-6-7-18-15/h4-5,8,16H,6-7,9-10H2,1-3H3. The molecule has 0 radical (unpaired) electrons. The Bertz CT molecular complexity index is 467. The normalized spacial score (nSPS) is 23.3. The lowest BCUT2D eigenvalue weighted by Gasteiger charge is -2.38. The molecule has 0 bridgehead atoms. The number of hydrogen-bond donors (Lipinski definition) is 1. The maximum absolute atomic E-state index is 11.6. The van der Waals surface area contributed by atoms with Gasteiger partial charge in [-0.3, -0.25) is 4.79 Å². The first kappa shape index (κ1) is 14.6. The van der Waals surface area contributed by atoms with Crippen LogP contribution in [0.15, 0.2) is 23.1 Å². The lowest BCUT2D eigenvalue weighted by atomic mass is 9.85. The highest BCUT2D eigenvalue weighted by Gasteiger charge is 2.37. The van der Waals surface area contributed by atoms with E-state index in [2.05, 4.69) is 36.7 Å². The number of thioether (sulfide) groups is 1. The maximum atomic E-state index is 11.6. The van der Waals surface area contributed by atoms with Crippen LogP contribution in [0.25, 0.3) is 0 Å². The summed E-state index contributed by atoms with van der Waals surface area (Å²) in [7, 11) is 0. The van der Waals surface area contributed by atoms with Crippen LogP contribution < -0.4 is 5.32 Å². The van der Waals surface area contributed by atoms with E-state index >= 15 is 0 Å². The van der Waals surface area contributed by atoms with Crippen LogP contribution in [0.4, 0.5) is 0 Å². The van der Waals surface area contributed by atoms with E-state index in [9.17, 15) is 4.79 Å². The largest absolute Gasteiger partial charge is 0.367 e. The zero-order valence-corrected chi connectivity index (χ0v) is 12.6. The van der Waals surface area contributed by atoms with Crippen molar-refractivity contribution >= 4 is 17.5 Å². The highest BCUT2D eigenvalue weighted by molar-refractivity contribution is 7.98. The molecule has 1 unspecified atom stereocenters. The average molecular weight is 279 g/mol. The Morgan fingerprint density at radius 2 is 2.32 bits per heavy atom. The molecule has 2 rings (SSSR count). The second-order valence-electron chi connectivity index (χ2n) is 5.08. The van der Waals surface area contributed by atoms with Crippen molar-refractivity contribution in [3.05, 3.63) is 29.3 Å². The molecule has 0 amide bonds. The Balaban J connectivity index is 2.40. The quantitative estimate of drug-likeness (QED) is 0.860. The first-order chi connectivity index (χ1) is 9.07. The number of ketones is 1. The van der Waals surface area contributed by atoms with Gasteiger partial charge < -0.3 is 10.1 Å². The van der Waals surface area contributed by atoms with Crippen molar-refractivity contribution < 1.29 is 9.53 Å². The van der Waals surface area contributed by atoms with Gasteiger partial charge in [0.05, 0.1) is 6.61 Å². The van der Waals surface area contributed by atoms with Crippen LogP contribution in [0.1, 0.15) is 24.5 Å². The van der Waals surface area contributed by atoms with Crippen molar-refractivity contribution in [2.24, 2.45) is 0 Å². The molecule has 3 nitrogen and oxygen atoms in total. The van der Waals surface area contributed by atoms with E-state index in [1.54, 1.807) is 18.7 Å². The Labute approximate surface area is 119 Å². The fourth-order valence-electron chi connectivity index (χ4n) is 2.72. The summed E-state index contributed by atoms with van der Waals surface area (Å²) < 4.78 is 6.03. The lowest BCUT2D eigenvalue weighted by molar-refractivity contribution is -0.129. The van der Waals surface area contributed by atoms with E-state index in [1.165, 1.54) is 10.5 Å². The Morgan fingerprint density at radius 1 is 1.53 bits per heavy atom. The molecule has 1 fully saturated rings. The summed E-state index contributed by atoms with van der Waals surface area (Å²) in [5, 5.41) is 3.35. The van der Waals surface area contributed by atoms with Crippen molar-refractivity contribution in [3.63, 3.8) is 0 Å². The molecular weight excluding hydrogens is 258 g/mol. The van der Waals surface area contributed by atoms with Gasteiger partial charge >= 0.3 is 0 Å². The van der Waals surface area contributed by atoms with Gasteiger partial charge in [0.2, 0.25) is 0 Å². The molecule has 0 saturated carbocycles. The molecule has 1 aromatic rings. The van der Waals surface area contributed by atoms with Gasteiger partial charge in [-0.25, -0.2) is 0 Å². The smallest absolute Gasteiger partial charge is 0.133 e. The second-order valence-corrected chi connectivity index (χ2v) is 5.96. The molecule has 0 aliphatic carbocycles. The summed E-state index contributed by atoms with van der Waals surface area (Å²) >= 11 is 1.73. The number of benzene rings is 1. The summed E-state index contributed by atoms with van der Waals surface area (Å²) in [5.74, 6) is 0.164. The fraction of sp³-hybridized carbons (Fsp3) is 0.533. The molecule has 0 aromatic heterocycles. The Hall–Kier alpha value is -0.840. The number of carbonyl (C=O) groups is 1. The molecule has 1 aromatic carbocycles. The highest BCUT2D eigenvalue weighted by atomic mass is 32.2. The van der Waals surface area contributed by atoms with E-state index < -0.39 is 5.60 Å². The number of nitrogens with one attached hydrogen (secondary N) is 1. The van der Waals surface area contributed by atoms with Gasteiger partial charge in [-0.1, -0.05) is 6.07 Å². The van der Waals surface area contributed by atoms with Gasteiger partial charge in [-0.05, 0) is 43.4 Å². The Kier molecular flexibility index (Phi) is 4.66. The first-order valence-electron chi connectivity index (χ1n) is 6.57. The number of rotatable bonds is 4. The molecule has 1 saturated heterocycles. The molecular formula is C15H21NO2S. The molecule has 1 heterocycles. The van der Waals surface area contributed by atoms with Crippen LogP contribution in [-0.4, -0.2) is 31.7 Å². The van der Waals surface area contributed by atoms with Gasteiger partial charge in [0, 0.05) is 24.4 Å². The van der Waals surface area contributed by atoms with Crippen LogP contribution >= 0.6 is 11.8 Å². The minimum absolute atomic E-state index is 0.164. The van der Waals surface area contributed by atoms with E-state index in [4.69, 9.17) is 4.74 Å². The SMILES string of the molecule is CSc1ccc(C2(CC(C)=O)CNCCO2)c(C)c1. The Morgan fingerprint density at radius 3 is 2.84 bits per heavy atom. The lowest BCUT2D eigenvalue weighted by Crippen LogP contribution is -2.48. The number of Topliss-reactive ketones (excluding diaryl/α,β-unsaturated/α-hetero) is 1. The summed E-state index contributed by atoms with van der Waals surface area (Å²) in [4.78, 5) is 12.9. The molecule has 1 aliphatic heterocycles. The highest BCUT2D eigenvalue weighted by Crippen LogP contribution is 2.34. The van der Waals surface area contributed by atoms with E-state index in [1.807, 2.05) is 0 Å². The minimum atomic E-state index is -0.495. The van der Waals surface area contributed by atoms with Gasteiger partial charge in [0.1, 0.15) is 11.4 Å². The van der Waals surface area contributed by atoms with Crippen molar-refractivity contribution in [2.45, 2.75) is 30.8 Å².